The maximum atomic E-state index is 13.1. The third-order valence-corrected chi connectivity index (χ3v) is 4.58. The van der Waals surface area contributed by atoms with Gasteiger partial charge in [0.1, 0.15) is 11.6 Å². The van der Waals surface area contributed by atoms with Crippen molar-refractivity contribution in [2.45, 2.75) is 0 Å². The molecule has 31 heavy (non-hydrogen) atoms. The van der Waals surface area contributed by atoms with Crippen LogP contribution in [-0.4, -0.2) is 56.5 Å². The molecule has 1 aliphatic rings. The lowest BCUT2D eigenvalue weighted by Gasteiger charge is -2.27. The second-order valence-electron chi connectivity index (χ2n) is 6.60. The van der Waals surface area contributed by atoms with Crippen molar-refractivity contribution < 1.29 is 20.5 Å². The van der Waals surface area contributed by atoms with E-state index < -0.39 is 37.8 Å². The van der Waals surface area contributed by atoms with Crippen LogP contribution >= 0.6 is 0 Å². The Bertz CT molecular complexity index is 1570. The van der Waals surface area contributed by atoms with E-state index >= 15 is 0 Å². The van der Waals surface area contributed by atoms with E-state index in [1.54, 1.807) is 24.8 Å². The summed E-state index contributed by atoms with van der Waals surface area (Å²) >= 11 is 0. The first-order valence-corrected chi connectivity index (χ1v) is 9.14. The van der Waals surface area contributed by atoms with Gasteiger partial charge < -0.3 is 19.5 Å². The van der Waals surface area contributed by atoms with Crippen LogP contribution in [0.3, 0.4) is 0 Å². The minimum absolute atomic E-state index is 0.0807. The second kappa shape index (κ2) is 8.11. The summed E-state index contributed by atoms with van der Waals surface area (Å²) in [6, 6.07) is 5.80. The van der Waals surface area contributed by atoms with Crippen molar-refractivity contribution in [1.82, 2.24) is 24.5 Å². The highest BCUT2D eigenvalue weighted by atomic mass is 16.5. The lowest BCUT2D eigenvalue weighted by molar-refractivity contribution is 0.102. The Balaban J connectivity index is 1.46. The molecule has 1 fully saturated rings. The predicted molar refractivity (Wildman–Crippen MR) is 117 cm³/mol. The predicted octanol–water partition coefficient (Wildman–Crippen LogP) is 2.51. The number of aromatic nitrogens is 5. The highest BCUT2D eigenvalue weighted by molar-refractivity contribution is 6.04. The summed E-state index contributed by atoms with van der Waals surface area (Å²) in [6.45, 7) is -12.9. The lowest BCUT2D eigenvalue weighted by Crippen LogP contribution is -2.36. The molecule has 1 N–H and O–H groups in total. The van der Waals surface area contributed by atoms with Gasteiger partial charge in [-0.05, 0) is 24.3 Å². The Hall–Kier alpha value is -3.85. The summed E-state index contributed by atoms with van der Waals surface area (Å²) in [5.41, 5.74) is 2.15. The average Bonchev–Trinajstić information content (AvgIpc) is 3.28. The van der Waals surface area contributed by atoms with E-state index in [4.69, 9.17) is 11.0 Å². The Labute approximate surface area is 190 Å². The molecule has 156 valence electrons. The number of morpholine rings is 1. The number of imidazole rings is 1. The number of fused-ring (bicyclic) bond motifs is 1. The van der Waals surface area contributed by atoms with E-state index in [0.717, 1.165) is 23.5 Å². The van der Waals surface area contributed by atoms with E-state index in [-0.39, 0.29) is 16.3 Å². The topological polar surface area (TPSA) is 98.1 Å². The number of rotatable bonds is 4. The molecule has 9 nitrogen and oxygen atoms in total. The maximum Gasteiger partial charge on any atom is 0.257 e. The number of aryl methyl sites for hydroxylation is 1. The van der Waals surface area contributed by atoms with Crippen LogP contribution in [0, 0.1) is 0 Å². The number of hydrogen-bond donors (Lipinski definition) is 1. The standard InChI is InChI=1S/C22H21N7O2/c1-28-14-23-13-19(28)17-8-16-9-20(26-12-18(16)25-11-17)27-22(30)15-2-3-24-21(10-15)29-4-6-31-7-5-29/h2-3,8-14H,4-7H2,1H3,(H,26,27,30)/i4D2,5D2,6D2,7D2. The van der Waals surface area contributed by atoms with Gasteiger partial charge in [0, 0.05) is 48.9 Å². The first-order valence-electron chi connectivity index (χ1n) is 13.1. The molecule has 0 saturated carbocycles. The van der Waals surface area contributed by atoms with Gasteiger partial charge in [0.2, 0.25) is 0 Å². The Morgan fingerprint density at radius 1 is 1.13 bits per heavy atom. The van der Waals surface area contributed by atoms with Gasteiger partial charge in [0.15, 0.2) is 0 Å². The fourth-order valence-corrected chi connectivity index (χ4v) is 3.05. The molecule has 0 radical (unpaired) electrons. The minimum Gasteiger partial charge on any atom is -0.378 e. The molecule has 0 bridgehead atoms. The third-order valence-electron chi connectivity index (χ3n) is 4.58. The summed E-state index contributed by atoms with van der Waals surface area (Å²) in [7, 11) is 1.85. The van der Waals surface area contributed by atoms with E-state index in [1.165, 1.54) is 12.3 Å². The molecule has 0 spiro atoms. The quantitative estimate of drug-likeness (QED) is 0.538. The number of amides is 1. The van der Waals surface area contributed by atoms with Gasteiger partial charge in [0.05, 0.1) is 54.0 Å². The smallest absolute Gasteiger partial charge is 0.257 e. The third kappa shape index (κ3) is 3.95. The zero-order valence-corrected chi connectivity index (χ0v) is 16.2. The number of carbonyl (C=O) groups excluding carboxylic acids is 1. The van der Waals surface area contributed by atoms with Crippen LogP contribution in [0.15, 0.2) is 55.4 Å². The van der Waals surface area contributed by atoms with Crippen LogP contribution < -0.4 is 10.2 Å². The van der Waals surface area contributed by atoms with Gasteiger partial charge in [-0.25, -0.2) is 15.0 Å². The van der Waals surface area contributed by atoms with Crippen LogP contribution in [0.1, 0.15) is 21.3 Å². The Morgan fingerprint density at radius 3 is 2.81 bits per heavy atom. The zero-order valence-electron chi connectivity index (χ0n) is 24.2. The first-order chi connectivity index (χ1) is 18.1. The van der Waals surface area contributed by atoms with Gasteiger partial charge in [-0.15, -0.1) is 0 Å². The highest BCUT2D eigenvalue weighted by Gasteiger charge is 2.15. The van der Waals surface area contributed by atoms with Crippen LogP contribution in [0.2, 0.25) is 0 Å². The van der Waals surface area contributed by atoms with E-state index in [9.17, 15) is 4.79 Å². The average molecular weight is 424 g/mol. The number of nitrogens with zero attached hydrogens (tertiary/aromatic N) is 6. The molecule has 0 aliphatic carbocycles. The molecule has 5 rings (SSSR count). The first kappa shape index (κ1) is 12.1. The summed E-state index contributed by atoms with van der Waals surface area (Å²) in [5.74, 6) is -1.02. The lowest BCUT2D eigenvalue weighted by atomic mass is 10.1. The van der Waals surface area contributed by atoms with Crippen molar-refractivity contribution in [2.75, 3.05) is 36.3 Å². The van der Waals surface area contributed by atoms with Gasteiger partial charge in [-0.2, -0.15) is 0 Å². The Kier molecular flexibility index (Phi) is 3.17. The molecule has 4 aromatic rings. The molecule has 0 unspecified atom stereocenters. The monoisotopic (exact) mass is 423 g/mol. The van der Waals surface area contributed by atoms with Crippen molar-refractivity contribution in [2.24, 2.45) is 7.05 Å². The van der Waals surface area contributed by atoms with E-state index in [1.807, 2.05) is 17.7 Å². The molecule has 1 saturated heterocycles. The fourth-order valence-electron chi connectivity index (χ4n) is 3.05. The Morgan fingerprint density at radius 2 is 2.00 bits per heavy atom. The summed E-state index contributed by atoms with van der Waals surface area (Å²) in [6.07, 6.45) is 7.64. The van der Waals surface area contributed by atoms with Crippen molar-refractivity contribution in [3.63, 3.8) is 0 Å². The minimum atomic E-state index is -3.25. The van der Waals surface area contributed by atoms with Crippen LogP contribution in [0.5, 0.6) is 0 Å². The van der Waals surface area contributed by atoms with Crippen LogP contribution in [-0.2, 0) is 11.8 Å². The summed E-state index contributed by atoms with van der Waals surface area (Å²) in [4.78, 5) is 29.9. The molecular weight excluding hydrogens is 394 g/mol. The number of carbonyl (C=O) groups is 1. The molecule has 9 heteroatoms. The zero-order chi connectivity index (χ0) is 28.4. The summed E-state index contributed by atoms with van der Waals surface area (Å²) < 4.78 is 70.6. The van der Waals surface area contributed by atoms with Crippen LogP contribution in [0.4, 0.5) is 11.6 Å². The molecule has 0 aromatic carbocycles. The van der Waals surface area contributed by atoms with Crippen molar-refractivity contribution >= 4 is 28.4 Å². The van der Waals surface area contributed by atoms with E-state index in [0.29, 0.717) is 10.9 Å². The summed E-state index contributed by atoms with van der Waals surface area (Å²) in [5, 5.41) is 3.31. The van der Waals surface area contributed by atoms with Crippen molar-refractivity contribution in [1.29, 1.82) is 0 Å². The molecule has 5 heterocycles. The van der Waals surface area contributed by atoms with Crippen molar-refractivity contribution in [3.8, 4) is 11.3 Å². The maximum absolute atomic E-state index is 13.1. The van der Waals surface area contributed by atoms with Crippen LogP contribution in [0.25, 0.3) is 22.2 Å². The fraction of sp³-hybridized carbons (Fsp3) is 0.227. The SMILES string of the molecule is [2H]C1([2H])OC([2H])([2H])C([2H])([2H])N(c2cc(C(=O)Nc3cc4cc(-c5cncn5C)cnc4cn3)ccn2)C1([2H])[2H]. The number of hydrogen-bond acceptors (Lipinski definition) is 7. The molecule has 1 aliphatic heterocycles. The van der Waals surface area contributed by atoms with Gasteiger partial charge in [-0.3, -0.25) is 9.78 Å². The second-order valence-corrected chi connectivity index (χ2v) is 6.60. The van der Waals surface area contributed by atoms with Crippen molar-refractivity contribution in [3.05, 3.63) is 60.9 Å². The number of ether oxygens (including phenoxy) is 1. The number of nitrogens with one attached hydrogen (secondary N) is 1. The molecule has 1 amide bonds. The number of pyridine rings is 3. The van der Waals surface area contributed by atoms with E-state index in [2.05, 4.69) is 30.0 Å². The number of anilines is 2. The normalized spacial score (nSPS) is 24.4. The highest BCUT2D eigenvalue weighted by Crippen LogP contribution is 2.23. The van der Waals surface area contributed by atoms with Gasteiger partial charge >= 0.3 is 0 Å². The largest absolute Gasteiger partial charge is 0.378 e. The van der Waals surface area contributed by atoms with Gasteiger partial charge in [-0.1, -0.05) is 0 Å². The molecular formula is C22H21N7O2. The molecule has 4 aromatic heterocycles. The molecule has 0 atom stereocenters. The van der Waals surface area contributed by atoms with Gasteiger partial charge in [0.25, 0.3) is 5.91 Å².